The topological polar surface area (TPSA) is 45.0 Å². The molecule has 0 atom stereocenters. The Morgan fingerprint density at radius 3 is 2.54 bits per heavy atom. The van der Waals surface area contributed by atoms with Crippen LogP contribution in [0.5, 0.6) is 0 Å². The van der Waals surface area contributed by atoms with Crippen LogP contribution in [0.15, 0.2) is 28.2 Å². The molecule has 0 N–H and O–H groups in total. The first-order valence-corrected chi connectivity index (χ1v) is 3.95. The SMILES string of the molecule is CN(C)c1ccc2c(c1)=NC(=O)N=2. The van der Waals surface area contributed by atoms with E-state index in [-0.39, 0.29) is 0 Å². The third-order valence-corrected chi connectivity index (χ3v) is 1.91. The van der Waals surface area contributed by atoms with Gasteiger partial charge >= 0.3 is 6.03 Å². The summed E-state index contributed by atoms with van der Waals surface area (Å²) in [6.45, 7) is 0. The van der Waals surface area contributed by atoms with E-state index in [1.807, 2.05) is 31.1 Å². The van der Waals surface area contributed by atoms with Crippen molar-refractivity contribution in [2.45, 2.75) is 0 Å². The van der Waals surface area contributed by atoms with Gasteiger partial charge in [0.05, 0.1) is 10.7 Å². The third-order valence-electron chi connectivity index (χ3n) is 1.91. The molecule has 66 valence electrons. The van der Waals surface area contributed by atoms with Crippen molar-refractivity contribution in [1.82, 2.24) is 0 Å². The molecular formula is C9H9N3O. The lowest BCUT2D eigenvalue weighted by molar-refractivity contribution is 0.256. The summed E-state index contributed by atoms with van der Waals surface area (Å²) in [7, 11) is 3.88. The van der Waals surface area contributed by atoms with E-state index in [1.54, 1.807) is 6.07 Å². The molecular weight excluding hydrogens is 166 g/mol. The van der Waals surface area contributed by atoms with Crippen molar-refractivity contribution in [3.63, 3.8) is 0 Å². The molecule has 2 amide bonds. The molecule has 4 heteroatoms. The number of carbonyl (C=O) groups is 1. The van der Waals surface area contributed by atoms with Gasteiger partial charge in [0.15, 0.2) is 0 Å². The van der Waals surface area contributed by atoms with Gasteiger partial charge in [-0.15, -0.1) is 0 Å². The van der Waals surface area contributed by atoms with Crippen LogP contribution >= 0.6 is 0 Å². The predicted octanol–water partition coefficient (Wildman–Crippen LogP) is 0.125. The van der Waals surface area contributed by atoms with Crippen LogP contribution in [0.1, 0.15) is 0 Å². The van der Waals surface area contributed by atoms with E-state index >= 15 is 0 Å². The minimum atomic E-state index is -0.411. The zero-order valence-electron chi connectivity index (χ0n) is 7.48. The second-order valence-corrected chi connectivity index (χ2v) is 3.07. The molecule has 0 radical (unpaired) electrons. The molecule has 13 heavy (non-hydrogen) atoms. The van der Waals surface area contributed by atoms with Crippen molar-refractivity contribution in [2.24, 2.45) is 9.98 Å². The molecule has 0 saturated carbocycles. The Morgan fingerprint density at radius 2 is 1.85 bits per heavy atom. The van der Waals surface area contributed by atoms with E-state index in [4.69, 9.17) is 0 Å². The fourth-order valence-electron chi connectivity index (χ4n) is 1.21. The highest BCUT2D eigenvalue weighted by Crippen LogP contribution is 2.04. The lowest BCUT2D eigenvalue weighted by Crippen LogP contribution is -2.23. The maximum absolute atomic E-state index is 10.8. The van der Waals surface area contributed by atoms with Crippen LogP contribution < -0.4 is 15.6 Å². The fraction of sp³-hybridized carbons (Fsp3) is 0.222. The molecule has 0 unspecified atom stereocenters. The number of hydrogen-bond donors (Lipinski definition) is 0. The van der Waals surface area contributed by atoms with Crippen molar-refractivity contribution >= 4 is 11.7 Å². The molecule has 0 bridgehead atoms. The molecule has 1 aromatic carbocycles. The van der Waals surface area contributed by atoms with Crippen LogP contribution in [-0.2, 0) is 0 Å². The normalized spacial score (nSPS) is 13.2. The highest BCUT2D eigenvalue weighted by atomic mass is 16.2. The van der Waals surface area contributed by atoms with Gasteiger partial charge in [0.1, 0.15) is 0 Å². The number of carbonyl (C=O) groups excluding carboxylic acids is 1. The van der Waals surface area contributed by atoms with Crippen molar-refractivity contribution in [3.8, 4) is 0 Å². The summed E-state index contributed by atoms with van der Waals surface area (Å²) >= 11 is 0. The van der Waals surface area contributed by atoms with Gasteiger partial charge in [-0.3, -0.25) is 0 Å². The molecule has 1 aliphatic heterocycles. The Balaban J connectivity index is 2.66. The second-order valence-electron chi connectivity index (χ2n) is 3.07. The van der Waals surface area contributed by atoms with Crippen LogP contribution in [0.3, 0.4) is 0 Å². The Bertz CT molecular complexity index is 476. The largest absolute Gasteiger partial charge is 0.378 e. The molecule has 1 aliphatic rings. The highest BCUT2D eigenvalue weighted by molar-refractivity contribution is 5.77. The number of hydrogen-bond acceptors (Lipinski definition) is 2. The first kappa shape index (κ1) is 7.91. The van der Waals surface area contributed by atoms with Gasteiger partial charge < -0.3 is 4.90 Å². The molecule has 0 fully saturated rings. The van der Waals surface area contributed by atoms with E-state index in [0.29, 0.717) is 10.7 Å². The lowest BCUT2D eigenvalue weighted by atomic mass is 10.3. The Morgan fingerprint density at radius 1 is 1.15 bits per heavy atom. The van der Waals surface area contributed by atoms with E-state index in [2.05, 4.69) is 9.98 Å². The van der Waals surface area contributed by atoms with E-state index in [1.165, 1.54) is 0 Å². The molecule has 4 nitrogen and oxygen atoms in total. The van der Waals surface area contributed by atoms with Crippen LogP contribution in [0.4, 0.5) is 10.5 Å². The summed E-state index contributed by atoms with van der Waals surface area (Å²) < 4.78 is 0. The van der Waals surface area contributed by atoms with Gasteiger partial charge in [-0.05, 0) is 18.2 Å². The molecule has 2 rings (SSSR count). The number of benzene rings is 1. The average molecular weight is 175 g/mol. The summed E-state index contributed by atoms with van der Waals surface area (Å²) in [6.07, 6.45) is 0. The summed E-state index contributed by atoms with van der Waals surface area (Å²) in [5.41, 5.74) is 1.02. The fourth-order valence-corrected chi connectivity index (χ4v) is 1.21. The van der Waals surface area contributed by atoms with Gasteiger partial charge in [-0.2, -0.15) is 9.98 Å². The summed E-state index contributed by atoms with van der Waals surface area (Å²) in [6, 6.07) is 5.16. The Labute approximate surface area is 75.2 Å². The summed E-state index contributed by atoms with van der Waals surface area (Å²) in [5, 5.41) is 1.33. The van der Waals surface area contributed by atoms with Gasteiger partial charge in [-0.25, -0.2) is 4.79 Å². The number of anilines is 1. The van der Waals surface area contributed by atoms with E-state index in [9.17, 15) is 4.79 Å². The quantitative estimate of drug-likeness (QED) is 0.608. The van der Waals surface area contributed by atoms with Crippen LogP contribution in [0.25, 0.3) is 0 Å². The first-order valence-electron chi connectivity index (χ1n) is 3.95. The number of fused-ring (bicyclic) bond motifs is 1. The number of urea groups is 1. The lowest BCUT2D eigenvalue weighted by Gasteiger charge is -2.10. The first-order chi connectivity index (χ1) is 6.16. The van der Waals surface area contributed by atoms with Crippen molar-refractivity contribution in [3.05, 3.63) is 28.9 Å². The minimum Gasteiger partial charge on any atom is -0.378 e. The van der Waals surface area contributed by atoms with Crippen LogP contribution in [-0.4, -0.2) is 20.1 Å². The summed E-state index contributed by atoms with van der Waals surface area (Å²) in [4.78, 5) is 20.3. The van der Waals surface area contributed by atoms with Gasteiger partial charge in [-0.1, -0.05) is 0 Å². The molecule has 1 aromatic rings. The number of nitrogens with zero attached hydrogens (tertiary/aromatic N) is 3. The maximum atomic E-state index is 10.8. The maximum Gasteiger partial charge on any atom is 0.368 e. The van der Waals surface area contributed by atoms with Gasteiger partial charge in [0.2, 0.25) is 0 Å². The zero-order valence-corrected chi connectivity index (χ0v) is 7.48. The van der Waals surface area contributed by atoms with Crippen molar-refractivity contribution < 1.29 is 4.79 Å². The van der Waals surface area contributed by atoms with E-state index in [0.717, 1.165) is 5.69 Å². The molecule has 0 saturated heterocycles. The monoisotopic (exact) mass is 175 g/mol. The van der Waals surface area contributed by atoms with Crippen LogP contribution in [0.2, 0.25) is 0 Å². The molecule has 1 heterocycles. The van der Waals surface area contributed by atoms with Gasteiger partial charge in [0, 0.05) is 19.8 Å². The summed E-state index contributed by atoms with van der Waals surface area (Å²) in [5.74, 6) is 0. The third kappa shape index (κ3) is 1.30. The second kappa shape index (κ2) is 2.65. The van der Waals surface area contributed by atoms with Gasteiger partial charge in [0.25, 0.3) is 0 Å². The highest BCUT2D eigenvalue weighted by Gasteiger charge is 2.05. The van der Waals surface area contributed by atoms with Crippen molar-refractivity contribution in [2.75, 3.05) is 19.0 Å². The molecule has 0 aromatic heterocycles. The standard InChI is InChI=1S/C9H9N3O/c1-12(2)6-3-4-7-8(5-6)11-9(13)10-7/h3-5H,1-2H3. The average Bonchev–Trinajstić information content (AvgIpc) is 2.42. The Kier molecular flexibility index (Phi) is 1.62. The predicted molar refractivity (Wildman–Crippen MR) is 48.5 cm³/mol. The molecule has 0 aliphatic carbocycles. The zero-order chi connectivity index (χ0) is 9.42. The van der Waals surface area contributed by atoms with E-state index < -0.39 is 6.03 Å². The van der Waals surface area contributed by atoms with Crippen molar-refractivity contribution in [1.29, 1.82) is 0 Å². The minimum absolute atomic E-state index is 0.411. The number of amides is 2. The smallest absolute Gasteiger partial charge is 0.368 e. The van der Waals surface area contributed by atoms with Crippen LogP contribution in [0, 0.1) is 0 Å². The number of rotatable bonds is 1. The Hall–Kier alpha value is -1.71. The molecule has 0 spiro atoms.